The molecule has 4 saturated heterocycles. The summed E-state index contributed by atoms with van der Waals surface area (Å²) in [5.74, 6) is -2.41. The lowest BCUT2D eigenvalue weighted by atomic mass is 9.43. The Balaban J connectivity index is 0.796. The second kappa shape index (κ2) is 16.2. The van der Waals surface area contributed by atoms with Crippen molar-refractivity contribution in [3.8, 4) is 5.75 Å². The van der Waals surface area contributed by atoms with Crippen molar-refractivity contribution in [2.24, 2.45) is 17.8 Å². The molecule has 0 bridgehead atoms. The van der Waals surface area contributed by atoms with Crippen molar-refractivity contribution in [1.29, 1.82) is 0 Å². The molecule has 6 heterocycles. The number of hydrogen-bond donors (Lipinski definition) is 4. The lowest BCUT2D eigenvalue weighted by Crippen LogP contribution is -2.98. The summed E-state index contributed by atoms with van der Waals surface area (Å²) in [5, 5.41) is 19.1. The number of likely N-dealkylation sites (tertiary alicyclic amines) is 1. The number of aliphatic hydroxyl groups is 1. The molecule has 2 aliphatic carbocycles. The lowest BCUT2D eigenvalue weighted by molar-refractivity contribution is -0.462. The molecule has 10 rings (SSSR count). The maximum atomic E-state index is 15.4. The third kappa shape index (κ3) is 6.60. The van der Waals surface area contributed by atoms with Gasteiger partial charge in [0, 0.05) is 80.9 Å². The fourth-order valence-corrected chi connectivity index (χ4v) is 12.1. The summed E-state index contributed by atoms with van der Waals surface area (Å²) >= 11 is 0. The first-order valence-corrected chi connectivity index (χ1v) is 22.7. The molecule has 6 fully saturated rings. The lowest BCUT2D eigenvalue weighted by Gasteiger charge is -2.82. The Bertz CT molecular complexity index is 2370. The van der Waals surface area contributed by atoms with Gasteiger partial charge in [0.2, 0.25) is 23.7 Å². The summed E-state index contributed by atoms with van der Waals surface area (Å²) in [4.78, 5) is 69.0. The first-order chi connectivity index (χ1) is 30.9. The van der Waals surface area contributed by atoms with Crippen LogP contribution in [0.5, 0.6) is 5.75 Å². The first-order valence-electron chi connectivity index (χ1n) is 22.7. The van der Waals surface area contributed by atoms with Gasteiger partial charge in [0.25, 0.3) is 5.91 Å². The highest BCUT2D eigenvalue weighted by atomic mass is 19.1. The molecule has 64 heavy (non-hydrogen) atoms. The number of amides is 4. The number of halogens is 2. The van der Waals surface area contributed by atoms with Gasteiger partial charge in [0.1, 0.15) is 34.8 Å². The van der Waals surface area contributed by atoms with Crippen LogP contribution in [0.2, 0.25) is 0 Å². The fraction of sp³-hybridized carbons (Fsp3) is 0.565. The minimum absolute atomic E-state index is 0.0285. The summed E-state index contributed by atoms with van der Waals surface area (Å²) in [6.07, 6.45) is 7.86. The summed E-state index contributed by atoms with van der Waals surface area (Å²) in [6, 6.07) is 7.65. The molecule has 5 aliphatic heterocycles. The average molecular weight is 884 g/mol. The molecule has 0 radical (unpaired) electrons. The minimum atomic E-state index is -1.05. The van der Waals surface area contributed by atoms with E-state index in [1.165, 1.54) is 19.2 Å². The Morgan fingerprint density at radius 1 is 1.06 bits per heavy atom. The number of methoxy groups -OCH3 is 1. The number of imide groups is 1. The zero-order valence-electron chi connectivity index (χ0n) is 36.4. The number of fused-ring (bicyclic) bond motifs is 1. The van der Waals surface area contributed by atoms with Gasteiger partial charge in [-0.1, -0.05) is 19.8 Å². The second-order valence-corrected chi connectivity index (χ2v) is 18.6. The maximum absolute atomic E-state index is 15.4. The molecule has 2 saturated carbocycles. The van der Waals surface area contributed by atoms with Gasteiger partial charge in [-0.05, 0) is 74.8 Å². The van der Waals surface area contributed by atoms with Crippen molar-refractivity contribution < 1.29 is 42.5 Å². The predicted molar refractivity (Wildman–Crippen MR) is 231 cm³/mol. The zero-order chi connectivity index (χ0) is 44.7. The number of ether oxygens (including phenoxy) is 2. The molecule has 7 aliphatic rings. The van der Waals surface area contributed by atoms with Gasteiger partial charge in [-0.25, -0.2) is 13.8 Å². The van der Waals surface area contributed by atoms with Crippen molar-refractivity contribution in [3.63, 3.8) is 0 Å². The molecule has 18 heteroatoms. The van der Waals surface area contributed by atoms with Crippen molar-refractivity contribution in [3.05, 3.63) is 59.3 Å². The van der Waals surface area contributed by atoms with Crippen molar-refractivity contribution >= 4 is 52.5 Å². The summed E-state index contributed by atoms with van der Waals surface area (Å²) in [5.41, 5.74) is 0.531. The average Bonchev–Trinajstić information content (AvgIpc) is 3.97. The first kappa shape index (κ1) is 42.5. The molecule has 1 spiro atoms. The smallest absolute Gasteiger partial charge is 0.251 e. The Labute approximate surface area is 370 Å². The largest absolute Gasteiger partial charge is 0.495 e. The van der Waals surface area contributed by atoms with Crippen LogP contribution in [0.4, 0.5) is 37.6 Å². The maximum Gasteiger partial charge on any atom is 0.251 e. The number of hydrogen-bond acceptors (Lipinski definition) is 13. The number of nitrogens with zero attached hydrogens (tertiary/aromatic N) is 6. The van der Waals surface area contributed by atoms with E-state index < -0.39 is 40.6 Å². The van der Waals surface area contributed by atoms with Crippen LogP contribution in [-0.4, -0.2) is 121 Å². The van der Waals surface area contributed by atoms with Gasteiger partial charge in [0.05, 0.1) is 37.1 Å². The van der Waals surface area contributed by atoms with E-state index >= 15 is 8.78 Å². The Morgan fingerprint density at radius 2 is 1.84 bits per heavy atom. The van der Waals surface area contributed by atoms with Crippen LogP contribution < -0.4 is 35.4 Å². The van der Waals surface area contributed by atoms with E-state index in [1.54, 1.807) is 36.3 Å². The number of anilines is 5. The van der Waals surface area contributed by atoms with Crippen LogP contribution in [0.3, 0.4) is 0 Å². The van der Waals surface area contributed by atoms with Crippen molar-refractivity contribution in [1.82, 2.24) is 25.5 Å². The standard InChI is InChI=1S/C46H55F2N9O7/c1-4-33-43(62)54(2)34-20-49-44(52-40(34)57(33)27-7-5-6-8-27)50-32-11-9-26(17-35(32)63-3)41(60)53-45(14-16-58)36-23-56(46(36)37(45)24-64-46)22-25-13-15-55(21-25)28-18-30(47)39(31(48)19-28)29-10-12-38(59)51-42(29)61/h9,11,17-20,25,27,29,33,36-37,58H,4-8,10,12-16,21-24H2,1-3H3,(H,53,60)(H,49,50,52)(H,51,59,61)/t25-,29?,33-,36?,37?,45?,46?/m1/s1. The van der Waals surface area contributed by atoms with Crippen LogP contribution in [0, 0.1) is 29.4 Å². The molecule has 4 amide bonds. The molecule has 5 unspecified atom stereocenters. The summed E-state index contributed by atoms with van der Waals surface area (Å²) in [7, 11) is 3.30. The summed E-state index contributed by atoms with van der Waals surface area (Å²) < 4.78 is 42.8. The Kier molecular flexibility index (Phi) is 10.8. The van der Waals surface area contributed by atoms with E-state index in [0.29, 0.717) is 80.0 Å². The number of carbonyl (C=O) groups is 4. The molecule has 4 N–H and O–H groups in total. The Hall–Kier alpha value is -5.46. The normalized spacial score (nSPS) is 29.9. The highest BCUT2D eigenvalue weighted by Crippen LogP contribution is 2.69. The number of rotatable bonds is 13. The van der Waals surface area contributed by atoms with Gasteiger partial charge >= 0.3 is 0 Å². The van der Waals surface area contributed by atoms with Gasteiger partial charge in [-0.15, -0.1) is 0 Å². The molecule has 7 atom stereocenters. The minimum Gasteiger partial charge on any atom is -0.495 e. The van der Waals surface area contributed by atoms with E-state index in [-0.39, 0.29) is 66.7 Å². The van der Waals surface area contributed by atoms with E-state index in [4.69, 9.17) is 14.5 Å². The van der Waals surface area contributed by atoms with Gasteiger partial charge in [-0.3, -0.25) is 29.4 Å². The number of piperidine rings is 2. The Morgan fingerprint density at radius 3 is 2.52 bits per heavy atom. The topological polar surface area (TPSA) is 182 Å². The molecular formula is C46H55F2N9O7. The number of aliphatic hydroxyl groups excluding tert-OH is 1. The van der Waals surface area contributed by atoms with E-state index in [2.05, 4.69) is 30.7 Å². The van der Waals surface area contributed by atoms with Gasteiger partial charge < -0.3 is 39.9 Å². The zero-order valence-corrected chi connectivity index (χ0v) is 36.4. The van der Waals surface area contributed by atoms with Gasteiger partial charge in [0.15, 0.2) is 5.82 Å². The van der Waals surface area contributed by atoms with Crippen molar-refractivity contribution in [2.45, 2.75) is 94.0 Å². The highest BCUT2D eigenvalue weighted by molar-refractivity contribution is 6.04. The van der Waals surface area contributed by atoms with Crippen LogP contribution in [0.1, 0.15) is 86.6 Å². The number of carbonyl (C=O) groups excluding carboxylic acids is 4. The van der Waals surface area contributed by atoms with E-state index in [9.17, 15) is 24.3 Å². The van der Waals surface area contributed by atoms with Crippen molar-refractivity contribution in [2.75, 3.05) is 73.6 Å². The molecular weight excluding hydrogens is 829 g/mol. The quantitative estimate of drug-likeness (QED) is 0.180. The highest BCUT2D eigenvalue weighted by Gasteiger charge is 2.84. The number of benzene rings is 2. The van der Waals surface area contributed by atoms with Gasteiger partial charge in [-0.2, -0.15) is 4.98 Å². The van der Waals surface area contributed by atoms with Crippen LogP contribution in [-0.2, 0) is 19.1 Å². The van der Waals surface area contributed by atoms with Crippen LogP contribution in [0.25, 0.3) is 0 Å². The number of nitrogens with one attached hydrogen (secondary N) is 3. The fourth-order valence-electron chi connectivity index (χ4n) is 12.1. The van der Waals surface area contributed by atoms with Crippen LogP contribution in [0.15, 0.2) is 36.5 Å². The summed E-state index contributed by atoms with van der Waals surface area (Å²) in [6.45, 7) is 4.92. The monoisotopic (exact) mass is 883 g/mol. The third-order valence-corrected chi connectivity index (χ3v) is 15.4. The molecule has 2 aromatic carbocycles. The molecule has 340 valence electrons. The molecule has 1 aromatic heterocycles. The van der Waals surface area contributed by atoms with E-state index in [1.807, 2.05) is 11.8 Å². The number of likely N-dealkylation sites (N-methyl/N-ethyl adjacent to an activating group) is 1. The third-order valence-electron chi connectivity index (χ3n) is 15.4. The SMILES string of the molecule is CC[C@@H]1C(=O)N(C)c2cnc(Nc3ccc(C(=O)NC4(CCO)C5COC56C4CN6C[C@@H]4CCN(c5cc(F)c(C6CCC(=O)NC6=O)c(F)c5)C4)cc3OC)nc2N1C1CCCC1. The van der Waals surface area contributed by atoms with E-state index in [0.717, 1.165) is 37.9 Å². The number of aromatic nitrogens is 2. The predicted octanol–water partition coefficient (Wildman–Crippen LogP) is 4.20. The van der Waals surface area contributed by atoms with Crippen LogP contribution >= 0.6 is 0 Å². The second-order valence-electron chi connectivity index (χ2n) is 18.6. The molecule has 16 nitrogen and oxygen atoms in total. The molecule has 3 aromatic rings.